The Morgan fingerprint density at radius 3 is 2.65 bits per heavy atom. The molecule has 4 aromatic rings. The molecule has 0 aliphatic heterocycles. The maximum Gasteiger partial charge on any atom is 0.270 e. The van der Waals surface area contributed by atoms with Gasteiger partial charge in [0.2, 0.25) is 0 Å². The second kappa shape index (κ2) is 8.86. The van der Waals surface area contributed by atoms with Gasteiger partial charge in [-0.1, -0.05) is 23.7 Å². The highest BCUT2D eigenvalue weighted by Gasteiger charge is 2.26. The van der Waals surface area contributed by atoms with Crippen molar-refractivity contribution in [2.75, 3.05) is 0 Å². The minimum Gasteiger partial charge on any atom is -0.388 e. The van der Waals surface area contributed by atoms with E-state index in [1.54, 1.807) is 61.8 Å². The summed E-state index contributed by atoms with van der Waals surface area (Å²) < 4.78 is 1.59. The zero-order chi connectivity index (χ0) is 24.6. The third-order valence-corrected chi connectivity index (χ3v) is 5.79. The van der Waals surface area contributed by atoms with E-state index in [0.29, 0.717) is 33.3 Å². The molecule has 8 nitrogen and oxygen atoms in total. The van der Waals surface area contributed by atoms with E-state index in [2.05, 4.69) is 21.4 Å². The van der Waals surface area contributed by atoms with Crippen molar-refractivity contribution in [1.29, 1.82) is 5.26 Å². The largest absolute Gasteiger partial charge is 0.388 e. The Hall–Kier alpha value is -3.80. The molecule has 3 aromatic heterocycles. The van der Waals surface area contributed by atoms with Crippen molar-refractivity contribution in [2.45, 2.75) is 39.3 Å². The predicted octanol–water partition coefficient (Wildman–Crippen LogP) is 4.18. The third kappa shape index (κ3) is 4.62. The molecule has 0 aliphatic carbocycles. The number of fused-ring (bicyclic) bond motifs is 1. The molecule has 0 saturated heterocycles. The highest BCUT2D eigenvalue weighted by molar-refractivity contribution is 6.29. The van der Waals surface area contributed by atoms with Crippen LogP contribution in [0.3, 0.4) is 0 Å². The van der Waals surface area contributed by atoms with Gasteiger partial charge >= 0.3 is 0 Å². The summed E-state index contributed by atoms with van der Waals surface area (Å²) in [5.74, 6) is -0.416. The number of benzene rings is 1. The third-order valence-electron chi connectivity index (χ3n) is 5.60. The van der Waals surface area contributed by atoms with E-state index in [1.807, 2.05) is 19.1 Å². The minimum atomic E-state index is -1.09. The average Bonchev–Trinajstić information content (AvgIpc) is 3.16. The normalized spacial score (nSPS) is 12.4. The zero-order valence-electron chi connectivity index (χ0n) is 19.2. The van der Waals surface area contributed by atoms with Crippen molar-refractivity contribution in [2.24, 2.45) is 0 Å². The molecule has 0 fully saturated rings. The first kappa shape index (κ1) is 23.4. The minimum absolute atomic E-state index is 0.180. The van der Waals surface area contributed by atoms with Crippen LogP contribution in [0.2, 0.25) is 5.15 Å². The van der Waals surface area contributed by atoms with E-state index in [1.165, 1.54) is 0 Å². The Labute approximate surface area is 201 Å². The molecule has 0 saturated carbocycles. The molecular weight excluding hydrogens is 452 g/mol. The molecule has 9 heteroatoms. The van der Waals surface area contributed by atoms with Crippen LogP contribution in [0.15, 0.2) is 48.7 Å². The van der Waals surface area contributed by atoms with Crippen LogP contribution in [0.1, 0.15) is 42.5 Å². The van der Waals surface area contributed by atoms with E-state index in [9.17, 15) is 15.2 Å². The quantitative estimate of drug-likeness (QED) is 0.419. The maximum absolute atomic E-state index is 12.9. The number of aliphatic hydroxyl groups is 1. The van der Waals surface area contributed by atoms with E-state index in [0.717, 1.165) is 11.1 Å². The molecule has 1 aromatic carbocycles. The Balaban J connectivity index is 1.92. The number of amides is 1. The summed E-state index contributed by atoms with van der Waals surface area (Å²) in [7, 11) is 0. The summed E-state index contributed by atoms with van der Waals surface area (Å²) in [6.07, 6.45) is 1.66. The second-order valence-electron chi connectivity index (χ2n) is 8.67. The SMILES string of the molecule is Cc1cc(-c2c(-c3cccc(C#N)c3)nn3ccc(C(=O)NC(C)C(C)(C)O)nc23)cc(Cl)n1. The molecule has 172 valence electrons. The second-order valence-corrected chi connectivity index (χ2v) is 9.05. The smallest absolute Gasteiger partial charge is 0.270 e. The van der Waals surface area contributed by atoms with Crippen LogP contribution in [-0.4, -0.2) is 42.2 Å². The highest BCUT2D eigenvalue weighted by atomic mass is 35.5. The molecule has 2 N–H and O–H groups in total. The standard InChI is InChI=1S/C25H23ClN6O2/c1-14-10-18(12-20(26)28-14)21-22(17-7-5-6-16(11-17)13-27)31-32-9-8-19(30-23(21)32)24(33)29-15(2)25(3,4)34/h5-12,15,34H,1-4H3,(H,29,33). The number of nitrogens with zero attached hydrogens (tertiary/aromatic N) is 5. The van der Waals surface area contributed by atoms with E-state index in [-0.39, 0.29) is 5.69 Å². The first-order valence-corrected chi connectivity index (χ1v) is 11.0. The van der Waals surface area contributed by atoms with Crippen LogP contribution in [0.5, 0.6) is 0 Å². The van der Waals surface area contributed by atoms with Crippen molar-refractivity contribution in [3.8, 4) is 28.5 Å². The summed E-state index contributed by atoms with van der Waals surface area (Å²) in [6.45, 7) is 6.81. The van der Waals surface area contributed by atoms with Crippen LogP contribution in [-0.2, 0) is 0 Å². The zero-order valence-corrected chi connectivity index (χ0v) is 19.9. The molecule has 3 heterocycles. The Morgan fingerprint density at radius 1 is 1.21 bits per heavy atom. The fraction of sp³-hybridized carbons (Fsp3) is 0.240. The lowest BCUT2D eigenvalue weighted by molar-refractivity contribution is 0.0407. The van der Waals surface area contributed by atoms with Crippen molar-refractivity contribution in [3.63, 3.8) is 0 Å². The van der Waals surface area contributed by atoms with Crippen LogP contribution in [0.4, 0.5) is 0 Å². The Morgan fingerprint density at radius 2 is 1.97 bits per heavy atom. The number of aryl methyl sites for hydroxylation is 1. The first-order chi connectivity index (χ1) is 16.1. The average molecular weight is 475 g/mol. The monoisotopic (exact) mass is 474 g/mol. The molecule has 1 amide bonds. The van der Waals surface area contributed by atoms with Crippen LogP contribution < -0.4 is 5.32 Å². The van der Waals surface area contributed by atoms with Gasteiger partial charge < -0.3 is 10.4 Å². The number of pyridine rings is 1. The number of nitriles is 1. The Kier molecular flexibility index (Phi) is 6.09. The molecule has 4 rings (SSSR count). The van der Waals surface area contributed by atoms with Crippen LogP contribution in [0, 0.1) is 18.3 Å². The fourth-order valence-corrected chi connectivity index (χ4v) is 3.73. The first-order valence-electron chi connectivity index (χ1n) is 10.6. The summed E-state index contributed by atoms with van der Waals surface area (Å²) in [6, 6.07) is 13.9. The van der Waals surface area contributed by atoms with Crippen LogP contribution in [0.25, 0.3) is 28.0 Å². The van der Waals surface area contributed by atoms with Gasteiger partial charge in [0, 0.05) is 17.5 Å². The number of halogens is 1. The van der Waals surface area contributed by atoms with Gasteiger partial charge in [-0.25, -0.2) is 14.5 Å². The van der Waals surface area contributed by atoms with Crippen molar-refractivity contribution in [3.05, 3.63) is 70.8 Å². The van der Waals surface area contributed by atoms with Gasteiger partial charge in [-0.3, -0.25) is 4.79 Å². The molecule has 34 heavy (non-hydrogen) atoms. The summed E-state index contributed by atoms with van der Waals surface area (Å²) in [4.78, 5) is 21.7. The Bertz CT molecular complexity index is 1430. The molecule has 0 radical (unpaired) electrons. The molecule has 1 unspecified atom stereocenters. The number of carbonyl (C=O) groups excluding carboxylic acids is 1. The number of aromatic nitrogens is 4. The van der Waals surface area contributed by atoms with Gasteiger partial charge in [0.1, 0.15) is 16.5 Å². The molecule has 0 bridgehead atoms. The van der Waals surface area contributed by atoms with Crippen molar-refractivity contribution >= 4 is 23.2 Å². The summed E-state index contributed by atoms with van der Waals surface area (Å²) in [5.41, 5.74) is 3.46. The van der Waals surface area contributed by atoms with Gasteiger partial charge in [-0.15, -0.1) is 0 Å². The lowest BCUT2D eigenvalue weighted by Gasteiger charge is -2.26. The van der Waals surface area contributed by atoms with E-state index in [4.69, 9.17) is 16.7 Å². The summed E-state index contributed by atoms with van der Waals surface area (Å²) in [5, 5.41) is 27.3. The maximum atomic E-state index is 12.9. The number of hydrogen-bond acceptors (Lipinski definition) is 6. The van der Waals surface area contributed by atoms with Gasteiger partial charge in [-0.2, -0.15) is 10.4 Å². The molecule has 0 aliphatic rings. The van der Waals surface area contributed by atoms with E-state index < -0.39 is 17.6 Å². The molecule has 0 spiro atoms. The molecule has 1 atom stereocenters. The van der Waals surface area contributed by atoms with Gasteiger partial charge in [0.25, 0.3) is 5.91 Å². The van der Waals surface area contributed by atoms with Gasteiger partial charge in [-0.05, 0) is 63.6 Å². The fourth-order valence-electron chi connectivity index (χ4n) is 3.48. The van der Waals surface area contributed by atoms with Crippen molar-refractivity contribution < 1.29 is 9.90 Å². The lowest BCUT2D eigenvalue weighted by atomic mass is 10.00. The topological polar surface area (TPSA) is 116 Å². The van der Waals surface area contributed by atoms with Gasteiger partial charge in [0.05, 0.1) is 28.8 Å². The number of carbonyl (C=O) groups is 1. The van der Waals surface area contributed by atoms with Crippen molar-refractivity contribution in [1.82, 2.24) is 24.9 Å². The number of rotatable bonds is 5. The highest BCUT2D eigenvalue weighted by Crippen LogP contribution is 2.36. The predicted molar refractivity (Wildman–Crippen MR) is 129 cm³/mol. The van der Waals surface area contributed by atoms with Gasteiger partial charge in [0.15, 0.2) is 5.65 Å². The summed E-state index contributed by atoms with van der Waals surface area (Å²) >= 11 is 6.26. The number of nitrogens with one attached hydrogen (secondary N) is 1. The van der Waals surface area contributed by atoms with Crippen LogP contribution >= 0.6 is 11.6 Å². The molecular formula is C25H23ClN6O2. The number of hydrogen-bond donors (Lipinski definition) is 2. The van der Waals surface area contributed by atoms with E-state index >= 15 is 0 Å². The lowest BCUT2D eigenvalue weighted by Crippen LogP contribution is -2.47.